The summed E-state index contributed by atoms with van der Waals surface area (Å²) in [4.78, 5) is 12.1. The van der Waals surface area contributed by atoms with Gasteiger partial charge in [0.15, 0.2) is 0 Å². The topological polar surface area (TPSA) is 49.3 Å². The summed E-state index contributed by atoms with van der Waals surface area (Å²) in [6, 6.07) is 5.75. The molecule has 1 atom stereocenters. The SMILES string of the molecule is CC1CCC(C)(NC(=O)CC(O)c2cccc(F)c2)CC1. The predicted molar refractivity (Wildman–Crippen MR) is 80.2 cm³/mol. The lowest BCUT2D eigenvalue weighted by molar-refractivity contribution is -0.125. The second kappa shape index (κ2) is 6.56. The summed E-state index contributed by atoms with van der Waals surface area (Å²) in [5.74, 6) is 0.136. The van der Waals surface area contributed by atoms with E-state index in [1.54, 1.807) is 6.07 Å². The summed E-state index contributed by atoms with van der Waals surface area (Å²) in [5.41, 5.74) is 0.262. The molecule has 0 spiro atoms. The van der Waals surface area contributed by atoms with Gasteiger partial charge in [0.1, 0.15) is 5.82 Å². The van der Waals surface area contributed by atoms with E-state index < -0.39 is 11.9 Å². The number of nitrogens with one attached hydrogen (secondary N) is 1. The number of hydrogen-bond donors (Lipinski definition) is 2. The van der Waals surface area contributed by atoms with Crippen molar-refractivity contribution in [3.05, 3.63) is 35.6 Å². The van der Waals surface area contributed by atoms with Gasteiger partial charge in [0.25, 0.3) is 0 Å². The zero-order valence-corrected chi connectivity index (χ0v) is 12.7. The molecule has 1 unspecified atom stereocenters. The van der Waals surface area contributed by atoms with Crippen molar-refractivity contribution < 1.29 is 14.3 Å². The van der Waals surface area contributed by atoms with Gasteiger partial charge in [-0.2, -0.15) is 0 Å². The Hall–Kier alpha value is -1.42. The van der Waals surface area contributed by atoms with Crippen molar-refractivity contribution in [1.29, 1.82) is 0 Å². The number of halogens is 1. The first kappa shape index (κ1) is 16.0. The third-order valence-electron chi connectivity index (χ3n) is 4.43. The lowest BCUT2D eigenvalue weighted by Crippen LogP contribution is -2.48. The standard InChI is InChI=1S/C17H24FNO2/c1-12-6-8-17(2,9-7-12)19-16(21)11-15(20)13-4-3-5-14(18)10-13/h3-5,10,12,15,20H,6-9,11H2,1-2H3,(H,19,21). The van der Waals surface area contributed by atoms with E-state index in [0.29, 0.717) is 11.5 Å². The Kier molecular flexibility index (Phi) is 4.99. The summed E-state index contributed by atoms with van der Waals surface area (Å²) in [5, 5.41) is 13.1. The third kappa shape index (κ3) is 4.53. The van der Waals surface area contributed by atoms with Crippen LogP contribution >= 0.6 is 0 Å². The van der Waals surface area contributed by atoms with E-state index in [-0.39, 0.29) is 17.9 Å². The van der Waals surface area contributed by atoms with Gasteiger partial charge in [-0.3, -0.25) is 4.79 Å². The molecule has 4 heteroatoms. The predicted octanol–water partition coefficient (Wildman–Crippen LogP) is 3.33. The van der Waals surface area contributed by atoms with Crippen molar-refractivity contribution in [3.8, 4) is 0 Å². The number of aliphatic hydroxyl groups is 1. The smallest absolute Gasteiger partial charge is 0.223 e. The van der Waals surface area contributed by atoms with Gasteiger partial charge < -0.3 is 10.4 Å². The highest BCUT2D eigenvalue weighted by Gasteiger charge is 2.31. The molecule has 0 aromatic heterocycles. The number of aliphatic hydroxyl groups excluding tert-OH is 1. The second-order valence-corrected chi connectivity index (χ2v) is 6.57. The number of carbonyl (C=O) groups excluding carboxylic acids is 1. The van der Waals surface area contributed by atoms with Gasteiger partial charge in [0.05, 0.1) is 12.5 Å². The molecular formula is C17H24FNO2. The van der Waals surface area contributed by atoms with Crippen molar-refractivity contribution in [2.75, 3.05) is 0 Å². The van der Waals surface area contributed by atoms with E-state index in [4.69, 9.17) is 0 Å². The minimum Gasteiger partial charge on any atom is -0.388 e. The van der Waals surface area contributed by atoms with E-state index in [0.717, 1.165) is 25.7 Å². The molecule has 0 heterocycles. The van der Waals surface area contributed by atoms with Crippen molar-refractivity contribution in [2.24, 2.45) is 5.92 Å². The Morgan fingerprint density at radius 1 is 1.48 bits per heavy atom. The molecule has 2 rings (SSSR count). The van der Waals surface area contributed by atoms with Gasteiger partial charge in [-0.1, -0.05) is 19.1 Å². The zero-order valence-electron chi connectivity index (χ0n) is 12.7. The highest BCUT2D eigenvalue weighted by Crippen LogP contribution is 2.31. The molecule has 0 saturated heterocycles. The Morgan fingerprint density at radius 2 is 2.14 bits per heavy atom. The van der Waals surface area contributed by atoms with Crippen molar-refractivity contribution in [2.45, 2.75) is 57.6 Å². The number of hydrogen-bond acceptors (Lipinski definition) is 2. The second-order valence-electron chi connectivity index (χ2n) is 6.57. The number of benzene rings is 1. The molecule has 1 aliphatic carbocycles. The average Bonchev–Trinajstić information content (AvgIpc) is 2.42. The highest BCUT2D eigenvalue weighted by molar-refractivity contribution is 5.77. The number of carbonyl (C=O) groups is 1. The molecule has 0 aliphatic heterocycles. The largest absolute Gasteiger partial charge is 0.388 e. The van der Waals surface area contributed by atoms with Crippen LogP contribution in [0.15, 0.2) is 24.3 Å². The Morgan fingerprint density at radius 3 is 2.76 bits per heavy atom. The molecule has 21 heavy (non-hydrogen) atoms. The fourth-order valence-electron chi connectivity index (χ4n) is 2.92. The van der Waals surface area contributed by atoms with Crippen LogP contribution in [0.2, 0.25) is 0 Å². The minimum absolute atomic E-state index is 0.0331. The van der Waals surface area contributed by atoms with Gasteiger partial charge in [-0.25, -0.2) is 4.39 Å². The first-order valence-corrected chi connectivity index (χ1v) is 7.62. The normalized spacial score (nSPS) is 27.1. The summed E-state index contributed by atoms with van der Waals surface area (Å²) in [6.45, 7) is 4.29. The van der Waals surface area contributed by atoms with Crippen molar-refractivity contribution >= 4 is 5.91 Å². The fourth-order valence-corrected chi connectivity index (χ4v) is 2.92. The first-order valence-electron chi connectivity index (χ1n) is 7.62. The maximum absolute atomic E-state index is 13.1. The maximum Gasteiger partial charge on any atom is 0.223 e. The van der Waals surface area contributed by atoms with Crippen LogP contribution < -0.4 is 5.32 Å². The highest BCUT2D eigenvalue weighted by atomic mass is 19.1. The van der Waals surface area contributed by atoms with Gasteiger partial charge in [0, 0.05) is 5.54 Å². The molecule has 1 aromatic rings. The maximum atomic E-state index is 13.1. The van der Waals surface area contributed by atoms with Gasteiger partial charge in [0.2, 0.25) is 5.91 Å². The van der Waals surface area contributed by atoms with Gasteiger partial charge >= 0.3 is 0 Å². The molecule has 1 saturated carbocycles. The first-order chi connectivity index (χ1) is 9.88. The molecular weight excluding hydrogens is 269 g/mol. The Balaban J connectivity index is 1.89. The van der Waals surface area contributed by atoms with Crippen LogP contribution in [0.1, 0.15) is 57.6 Å². The minimum atomic E-state index is -0.966. The van der Waals surface area contributed by atoms with E-state index in [2.05, 4.69) is 19.2 Å². The van der Waals surface area contributed by atoms with Crippen LogP contribution in [0.4, 0.5) is 4.39 Å². The van der Waals surface area contributed by atoms with E-state index in [1.165, 1.54) is 18.2 Å². The van der Waals surface area contributed by atoms with Crippen LogP contribution in [0.3, 0.4) is 0 Å². The summed E-state index contributed by atoms with van der Waals surface area (Å²) < 4.78 is 13.1. The lowest BCUT2D eigenvalue weighted by atomic mass is 9.78. The fraction of sp³-hybridized carbons (Fsp3) is 0.588. The zero-order chi connectivity index (χ0) is 15.5. The quantitative estimate of drug-likeness (QED) is 0.894. The number of amides is 1. The van der Waals surface area contributed by atoms with Crippen molar-refractivity contribution in [1.82, 2.24) is 5.32 Å². The molecule has 0 radical (unpaired) electrons. The van der Waals surface area contributed by atoms with Gasteiger partial charge in [-0.15, -0.1) is 0 Å². The van der Waals surface area contributed by atoms with Gasteiger partial charge in [-0.05, 0) is 56.2 Å². The number of rotatable bonds is 4. The lowest BCUT2D eigenvalue weighted by Gasteiger charge is -2.37. The van der Waals surface area contributed by atoms with Crippen LogP contribution in [-0.2, 0) is 4.79 Å². The van der Waals surface area contributed by atoms with Crippen molar-refractivity contribution in [3.63, 3.8) is 0 Å². The molecule has 1 aromatic carbocycles. The van der Waals surface area contributed by atoms with Crippen LogP contribution in [0.25, 0.3) is 0 Å². The Bertz CT molecular complexity index is 495. The van der Waals surface area contributed by atoms with Crippen LogP contribution in [-0.4, -0.2) is 16.6 Å². The molecule has 3 nitrogen and oxygen atoms in total. The molecule has 1 fully saturated rings. The van der Waals surface area contributed by atoms with E-state index in [1.807, 2.05) is 0 Å². The summed E-state index contributed by atoms with van der Waals surface area (Å²) in [7, 11) is 0. The van der Waals surface area contributed by atoms with Crippen LogP contribution in [0, 0.1) is 11.7 Å². The molecule has 116 valence electrons. The summed E-state index contributed by atoms with van der Waals surface area (Å²) in [6.07, 6.45) is 3.17. The van der Waals surface area contributed by atoms with E-state index in [9.17, 15) is 14.3 Å². The average molecular weight is 293 g/mol. The summed E-state index contributed by atoms with van der Waals surface area (Å²) >= 11 is 0. The Labute approximate surface area is 125 Å². The monoisotopic (exact) mass is 293 g/mol. The molecule has 1 amide bonds. The van der Waals surface area contributed by atoms with E-state index >= 15 is 0 Å². The van der Waals surface area contributed by atoms with Crippen LogP contribution in [0.5, 0.6) is 0 Å². The molecule has 1 aliphatic rings. The molecule has 0 bridgehead atoms. The third-order valence-corrected chi connectivity index (χ3v) is 4.43. The molecule has 2 N–H and O–H groups in total.